The van der Waals surface area contributed by atoms with E-state index < -0.39 is 11.6 Å². The van der Waals surface area contributed by atoms with Gasteiger partial charge in [0.15, 0.2) is 5.60 Å². The van der Waals surface area contributed by atoms with E-state index in [-0.39, 0.29) is 38.9 Å². The van der Waals surface area contributed by atoms with Gasteiger partial charge in [0.1, 0.15) is 23.0 Å². The Morgan fingerprint density at radius 1 is 0.966 bits per heavy atom. The molecule has 2 aliphatic heterocycles. The van der Waals surface area contributed by atoms with Gasteiger partial charge in [0, 0.05) is 34.7 Å². The van der Waals surface area contributed by atoms with Crippen LogP contribution in [0.1, 0.15) is 32.6 Å². The highest BCUT2D eigenvalue weighted by Crippen LogP contribution is 2.60. The van der Waals surface area contributed by atoms with Crippen LogP contribution in [0.4, 0.5) is 0 Å². The standard InChI is InChI=1S/C21H11Cl3O5/c22-8-10-18-17(7-15(26)19(10)24)28-16-6-14(25)13(23)5-12(16)21(18)11-4-2-1-3-9(11)20(27)29-21/h1-7,25-26H,8H2. The summed E-state index contributed by atoms with van der Waals surface area (Å²) in [7, 11) is 0. The molecule has 0 saturated heterocycles. The number of fused-ring (bicyclic) bond motifs is 6. The van der Waals surface area contributed by atoms with E-state index in [1.165, 1.54) is 18.2 Å². The maximum absolute atomic E-state index is 12.8. The molecule has 2 aliphatic rings. The molecule has 146 valence electrons. The molecule has 0 aromatic heterocycles. The monoisotopic (exact) mass is 448 g/mol. The van der Waals surface area contributed by atoms with Crippen LogP contribution in [-0.2, 0) is 16.2 Å². The highest BCUT2D eigenvalue weighted by molar-refractivity contribution is 6.34. The van der Waals surface area contributed by atoms with Crippen molar-refractivity contribution >= 4 is 40.8 Å². The van der Waals surface area contributed by atoms with E-state index in [1.807, 2.05) is 0 Å². The third kappa shape index (κ3) is 2.32. The van der Waals surface area contributed by atoms with Crippen molar-refractivity contribution < 1.29 is 24.5 Å². The van der Waals surface area contributed by atoms with Crippen LogP contribution >= 0.6 is 34.8 Å². The summed E-state index contributed by atoms with van der Waals surface area (Å²) in [6.45, 7) is 0. The van der Waals surface area contributed by atoms with Crippen molar-refractivity contribution in [2.45, 2.75) is 11.5 Å². The number of benzene rings is 3. The topological polar surface area (TPSA) is 76.0 Å². The van der Waals surface area contributed by atoms with E-state index >= 15 is 0 Å². The second kappa shape index (κ2) is 6.20. The quantitative estimate of drug-likeness (QED) is 0.367. The molecule has 0 amide bonds. The molecule has 2 N–H and O–H groups in total. The highest BCUT2D eigenvalue weighted by atomic mass is 35.5. The number of phenolic OH excluding ortho intramolecular Hbond substituents is 2. The number of hydrogen-bond acceptors (Lipinski definition) is 5. The number of rotatable bonds is 1. The van der Waals surface area contributed by atoms with Gasteiger partial charge in [-0.3, -0.25) is 0 Å². The molecule has 3 aromatic carbocycles. The van der Waals surface area contributed by atoms with Crippen molar-refractivity contribution in [1.29, 1.82) is 0 Å². The Morgan fingerprint density at radius 3 is 2.45 bits per heavy atom. The van der Waals surface area contributed by atoms with Crippen molar-refractivity contribution in [2.24, 2.45) is 0 Å². The summed E-state index contributed by atoms with van der Waals surface area (Å²) in [5, 5.41) is 20.5. The van der Waals surface area contributed by atoms with Crippen molar-refractivity contribution in [3.63, 3.8) is 0 Å². The number of ether oxygens (including phenoxy) is 2. The average molecular weight is 450 g/mol. The van der Waals surface area contributed by atoms with Crippen LogP contribution in [0.25, 0.3) is 0 Å². The van der Waals surface area contributed by atoms with Gasteiger partial charge >= 0.3 is 5.97 Å². The van der Waals surface area contributed by atoms with Crippen LogP contribution in [0.3, 0.4) is 0 Å². The Bertz CT molecular complexity index is 1220. The first-order valence-corrected chi connectivity index (χ1v) is 9.82. The number of carbonyl (C=O) groups excluding carboxylic acids is 1. The summed E-state index contributed by atoms with van der Waals surface area (Å²) >= 11 is 18.7. The SMILES string of the molecule is O=C1OC2(c3cc(Cl)c(O)cc3Oc3cc(O)c(Cl)c(CCl)c32)c2ccccc21. The number of alkyl halides is 1. The molecule has 0 saturated carbocycles. The molecule has 1 unspecified atom stereocenters. The van der Waals surface area contributed by atoms with Gasteiger partial charge in [-0.25, -0.2) is 4.79 Å². The lowest BCUT2D eigenvalue weighted by atomic mass is 9.76. The Labute approximate surface area is 180 Å². The number of phenols is 2. The van der Waals surface area contributed by atoms with Crippen LogP contribution in [0.15, 0.2) is 42.5 Å². The van der Waals surface area contributed by atoms with Gasteiger partial charge in [0.25, 0.3) is 0 Å². The molecule has 3 aromatic rings. The predicted molar refractivity (Wildman–Crippen MR) is 108 cm³/mol. The van der Waals surface area contributed by atoms with Crippen LogP contribution in [0.5, 0.6) is 23.0 Å². The predicted octanol–water partition coefficient (Wildman–Crippen LogP) is 5.71. The zero-order valence-corrected chi connectivity index (χ0v) is 16.8. The number of esters is 1. The lowest BCUT2D eigenvalue weighted by Crippen LogP contribution is -2.34. The van der Waals surface area contributed by atoms with Crippen LogP contribution < -0.4 is 4.74 Å². The summed E-state index contributed by atoms with van der Waals surface area (Å²) in [4.78, 5) is 12.8. The summed E-state index contributed by atoms with van der Waals surface area (Å²) in [5.41, 5.74) is 0.672. The summed E-state index contributed by atoms with van der Waals surface area (Å²) < 4.78 is 11.9. The Morgan fingerprint density at radius 2 is 1.69 bits per heavy atom. The molecule has 1 spiro atoms. The molecule has 0 aliphatic carbocycles. The number of halogens is 3. The first-order chi connectivity index (χ1) is 13.9. The van der Waals surface area contributed by atoms with Crippen LogP contribution in [0, 0.1) is 0 Å². The number of aromatic hydroxyl groups is 2. The summed E-state index contributed by atoms with van der Waals surface area (Å²) in [6, 6.07) is 11.1. The van der Waals surface area contributed by atoms with E-state index in [2.05, 4.69) is 0 Å². The zero-order valence-electron chi connectivity index (χ0n) is 14.5. The van der Waals surface area contributed by atoms with Crippen molar-refractivity contribution in [2.75, 3.05) is 0 Å². The molecule has 2 heterocycles. The molecule has 5 rings (SSSR count). The first kappa shape index (κ1) is 18.4. The second-order valence-electron chi connectivity index (χ2n) is 6.71. The van der Waals surface area contributed by atoms with Gasteiger partial charge in [0.2, 0.25) is 0 Å². The van der Waals surface area contributed by atoms with Gasteiger partial charge in [-0.15, -0.1) is 11.6 Å². The largest absolute Gasteiger partial charge is 0.506 e. The third-order valence-corrected chi connectivity index (χ3v) is 6.20. The minimum absolute atomic E-state index is 0.0375. The first-order valence-electron chi connectivity index (χ1n) is 8.53. The van der Waals surface area contributed by atoms with Gasteiger partial charge < -0.3 is 19.7 Å². The van der Waals surface area contributed by atoms with Gasteiger partial charge in [-0.1, -0.05) is 41.4 Å². The minimum Gasteiger partial charge on any atom is -0.506 e. The van der Waals surface area contributed by atoms with Crippen LogP contribution in [0.2, 0.25) is 10.0 Å². The average Bonchev–Trinajstić information content (AvgIpc) is 2.99. The smallest absolute Gasteiger partial charge is 0.340 e. The van der Waals surface area contributed by atoms with Gasteiger partial charge in [-0.2, -0.15) is 0 Å². The fourth-order valence-electron chi connectivity index (χ4n) is 4.02. The summed E-state index contributed by atoms with van der Waals surface area (Å²) in [6.07, 6.45) is 0. The zero-order chi connectivity index (χ0) is 20.5. The maximum atomic E-state index is 12.8. The van der Waals surface area contributed by atoms with Gasteiger partial charge in [-0.05, 0) is 12.1 Å². The molecule has 1 atom stereocenters. The lowest BCUT2D eigenvalue weighted by molar-refractivity contribution is 0.0222. The fraction of sp³-hybridized carbons (Fsp3) is 0.0952. The van der Waals surface area contributed by atoms with Gasteiger partial charge in [0.05, 0.1) is 21.2 Å². The number of hydrogen-bond donors (Lipinski definition) is 2. The van der Waals surface area contributed by atoms with E-state index in [0.717, 1.165) is 0 Å². The Hall–Kier alpha value is -2.60. The van der Waals surface area contributed by atoms with Crippen molar-refractivity contribution in [3.8, 4) is 23.0 Å². The number of carbonyl (C=O) groups is 1. The molecule has 0 bridgehead atoms. The highest BCUT2D eigenvalue weighted by Gasteiger charge is 2.55. The van der Waals surface area contributed by atoms with Crippen molar-refractivity contribution in [1.82, 2.24) is 0 Å². The molecule has 8 heteroatoms. The fourth-order valence-corrected chi connectivity index (χ4v) is 4.74. The third-order valence-electron chi connectivity index (χ3n) is 5.21. The molecular formula is C21H11Cl3O5. The molecule has 29 heavy (non-hydrogen) atoms. The van der Waals surface area contributed by atoms with E-state index in [4.69, 9.17) is 44.3 Å². The van der Waals surface area contributed by atoms with E-state index in [0.29, 0.717) is 27.8 Å². The molecule has 0 radical (unpaired) electrons. The van der Waals surface area contributed by atoms with E-state index in [9.17, 15) is 15.0 Å². The normalized spacial score (nSPS) is 18.7. The molecule has 5 nitrogen and oxygen atoms in total. The van der Waals surface area contributed by atoms with Crippen molar-refractivity contribution in [3.05, 3.63) is 80.3 Å². The maximum Gasteiger partial charge on any atom is 0.340 e. The minimum atomic E-state index is -1.45. The molecule has 0 fully saturated rings. The summed E-state index contributed by atoms with van der Waals surface area (Å²) in [5.74, 6) is -0.588. The van der Waals surface area contributed by atoms with Crippen LogP contribution in [-0.4, -0.2) is 16.2 Å². The second-order valence-corrected chi connectivity index (χ2v) is 7.77. The Balaban J connectivity index is 1.98. The lowest BCUT2D eigenvalue weighted by Gasteiger charge is -2.38. The van der Waals surface area contributed by atoms with E-state index in [1.54, 1.807) is 24.3 Å². The molecular weight excluding hydrogens is 439 g/mol. The Kier molecular flexibility index (Phi) is 3.94.